The molecule has 0 aromatic carbocycles. The van der Waals surface area contributed by atoms with Crippen molar-refractivity contribution in [3.05, 3.63) is 24.3 Å². The minimum absolute atomic E-state index is 0.441. The fourth-order valence-corrected chi connectivity index (χ4v) is 2.60. The Morgan fingerprint density at radius 3 is 2.82 bits per heavy atom. The predicted molar refractivity (Wildman–Crippen MR) is 82.6 cm³/mol. The molecular weight excluding hydrogens is 282 g/mol. The van der Waals surface area contributed by atoms with Crippen molar-refractivity contribution in [1.82, 2.24) is 25.2 Å². The highest BCUT2D eigenvalue weighted by molar-refractivity contribution is 5.47. The van der Waals surface area contributed by atoms with Crippen LogP contribution in [0.2, 0.25) is 0 Å². The van der Waals surface area contributed by atoms with E-state index < -0.39 is 0 Å². The van der Waals surface area contributed by atoms with Crippen LogP contribution in [0.25, 0.3) is 0 Å². The smallest absolute Gasteiger partial charge is 0.133 e. The van der Waals surface area contributed by atoms with Crippen molar-refractivity contribution in [3.63, 3.8) is 0 Å². The van der Waals surface area contributed by atoms with Crippen LogP contribution in [0.5, 0.6) is 0 Å². The molecule has 0 bridgehead atoms. The Morgan fingerprint density at radius 1 is 1.32 bits per heavy atom. The van der Waals surface area contributed by atoms with Gasteiger partial charge in [-0.25, -0.2) is 14.6 Å². The Bertz CT molecular complexity index is 579. The number of nitrogens with one attached hydrogen (secondary N) is 1. The molecule has 1 fully saturated rings. The molecule has 0 amide bonds. The summed E-state index contributed by atoms with van der Waals surface area (Å²) in [7, 11) is 3.95. The molecule has 118 valence electrons. The van der Waals surface area contributed by atoms with Gasteiger partial charge in [-0.3, -0.25) is 4.90 Å². The van der Waals surface area contributed by atoms with Gasteiger partial charge in [-0.1, -0.05) is 10.3 Å². The van der Waals surface area contributed by atoms with Gasteiger partial charge in [0, 0.05) is 45.8 Å². The standard InChI is InChI=1S/C14H21N7O/c1-20(2)14-7-13(15-10-16-14)18-11-3-5-21(6-4-11)9-12-8-17-22-19-12/h7-8,10-11H,3-6,9H2,1-2H3,(H,15,16,18). The van der Waals surface area contributed by atoms with Crippen molar-refractivity contribution in [3.8, 4) is 0 Å². The van der Waals surface area contributed by atoms with Gasteiger partial charge in [0.15, 0.2) is 0 Å². The van der Waals surface area contributed by atoms with Crippen molar-refractivity contribution in [2.24, 2.45) is 0 Å². The zero-order valence-corrected chi connectivity index (χ0v) is 12.9. The number of hydrogen-bond acceptors (Lipinski definition) is 8. The lowest BCUT2D eigenvalue weighted by Gasteiger charge is -2.32. The van der Waals surface area contributed by atoms with Crippen LogP contribution in [0.1, 0.15) is 18.5 Å². The van der Waals surface area contributed by atoms with Gasteiger partial charge in [0.25, 0.3) is 0 Å². The summed E-state index contributed by atoms with van der Waals surface area (Å²) in [5.74, 6) is 1.80. The van der Waals surface area contributed by atoms with Crippen molar-refractivity contribution in [1.29, 1.82) is 0 Å². The largest absolute Gasteiger partial charge is 0.367 e. The first-order chi connectivity index (χ1) is 10.7. The average Bonchev–Trinajstić information content (AvgIpc) is 3.02. The molecule has 0 saturated carbocycles. The van der Waals surface area contributed by atoms with Crippen LogP contribution in [0.4, 0.5) is 11.6 Å². The molecular formula is C14H21N7O. The number of nitrogens with zero attached hydrogens (tertiary/aromatic N) is 6. The van der Waals surface area contributed by atoms with Crippen molar-refractivity contribution < 1.29 is 4.63 Å². The molecule has 0 spiro atoms. The summed E-state index contributed by atoms with van der Waals surface area (Å²) in [5.41, 5.74) is 0.887. The second-order valence-corrected chi connectivity index (χ2v) is 5.75. The molecule has 3 heterocycles. The minimum atomic E-state index is 0.441. The minimum Gasteiger partial charge on any atom is -0.367 e. The number of piperidine rings is 1. The maximum atomic E-state index is 4.63. The van der Waals surface area contributed by atoms with E-state index in [1.54, 1.807) is 12.5 Å². The van der Waals surface area contributed by atoms with Gasteiger partial charge in [-0.05, 0) is 12.8 Å². The zero-order chi connectivity index (χ0) is 15.4. The van der Waals surface area contributed by atoms with E-state index in [4.69, 9.17) is 0 Å². The van der Waals surface area contributed by atoms with Crippen LogP contribution in [-0.2, 0) is 6.54 Å². The van der Waals surface area contributed by atoms with Gasteiger partial charge < -0.3 is 10.2 Å². The fourth-order valence-electron chi connectivity index (χ4n) is 2.60. The lowest BCUT2D eigenvalue weighted by molar-refractivity contribution is 0.204. The van der Waals surface area contributed by atoms with E-state index in [-0.39, 0.29) is 0 Å². The highest BCUT2D eigenvalue weighted by atomic mass is 16.6. The van der Waals surface area contributed by atoms with Crippen LogP contribution in [0, 0.1) is 0 Å². The number of hydrogen-bond donors (Lipinski definition) is 1. The number of likely N-dealkylation sites (tertiary alicyclic amines) is 1. The summed E-state index contributed by atoms with van der Waals surface area (Å²) in [6.45, 7) is 2.85. The van der Waals surface area contributed by atoms with Gasteiger partial charge >= 0.3 is 0 Å². The fraction of sp³-hybridized carbons (Fsp3) is 0.571. The SMILES string of the molecule is CN(C)c1cc(NC2CCN(Cc3cnon3)CC2)ncn1. The summed E-state index contributed by atoms with van der Waals surface area (Å²) in [6.07, 6.45) is 5.43. The molecule has 1 saturated heterocycles. The Hall–Kier alpha value is -2.22. The van der Waals surface area contributed by atoms with E-state index in [9.17, 15) is 0 Å². The third-order valence-electron chi connectivity index (χ3n) is 3.84. The molecule has 22 heavy (non-hydrogen) atoms. The molecule has 0 radical (unpaired) electrons. The van der Waals surface area contributed by atoms with Crippen LogP contribution in [-0.4, -0.2) is 58.4 Å². The molecule has 8 heteroatoms. The van der Waals surface area contributed by atoms with Gasteiger partial charge in [-0.2, -0.15) is 0 Å². The first kappa shape index (κ1) is 14.7. The highest BCUT2D eigenvalue weighted by Gasteiger charge is 2.20. The summed E-state index contributed by atoms with van der Waals surface area (Å²) < 4.78 is 4.63. The van der Waals surface area contributed by atoms with E-state index in [0.717, 1.165) is 49.8 Å². The summed E-state index contributed by atoms with van der Waals surface area (Å²) in [4.78, 5) is 12.9. The Labute approximate surface area is 129 Å². The molecule has 2 aromatic rings. The summed E-state index contributed by atoms with van der Waals surface area (Å²) in [5, 5.41) is 11.0. The van der Waals surface area contributed by atoms with Gasteiger partial charge in [0.2, 0.25) is 0 Å². The molecule has 1 aliphatic rings. The van der Waals surface area contributed by atoms with Crippen LogP contribution in [0.15, 0.2) is 23.2 Å². The van der Waals surface area contributed by atoms with E-state index in [0.29, 0.717) is 6.04 Å². The van der Waals surface area contributed by atoms with E-state index in [2.05, 4.69) is 35.1 Å². The normalized spacial score (nSPS) is 16.6. The molecule has 0 unspecified atom stereocenters. The number of anilines is 2. The molecule has 1 N–H and O–H groups in total. The summed E-state index contributed by atoms with van der Waals surface area (Å²) in [6, 6.07) is 2.42. The van der Waals surface area contributed by atoms with Crippen LogP contribution in [0.3, 0.4) is 0 Å². The Kier molecular flexibility index (Phi) is 4.47. The van der Waals surface area contributed by atoms with E-state index in [1.165, 1.54) is 0 Å². The van der Waals surface area contributed by atoms with Crippen molar-refractivity contribution >= 4 is 11.6 Å². The molecule has 8 nitrogen and oxygen atoms in total. The second kappa shape index (κ2) is 6.69. The first-order valence-corrected chi connectivity index (χ1v) is 7.45. The molecule has 0 aliphatic carbocycles. The average molecular weight is 303 g/mol. The van der Waals surface area contributed by atoms with Gasteiger partial charge in [0.05, 0.1) is 6.20 Å². The molecule has 1 aliphatic heterocycles. The Balaban J connectivity index is 1.50. The molecule has 0 atom stereocenters. The van der Waals surface area contributed by atoms with Crippen molar-refractivity contribution in [2.45, 2.75) is 25.4 Å². The monoisotopic (exact) mass is 303 g/mol. The Morgan fingerprint density at radius 2 is 2.14 bits per heavy atom. The van der Waals surface area contributed by atoms with Crippen molar-refractivity contribution in [2.75, 3.05) is 37.4 Å². The maximum absolute atomic E-state index is 4.63. The molecule has 3 rings (SSSR count). The summed E-state index contributed by atoms with van der Waals surface area (Å²) >= 11 is 0. The maximum Gasteiger partial charge on any atom is 0.133 e. The highest BCUT2D eigenvalue weighted by Crippen LogP contribution is 2.18. The van der Waals surface area contributed by atoms with Crippen LogP contribution >= 0.6 is 0 Å². The third kappa shape index (κ3) is 3.70. The van der Waals surface area contributed by atoms with Crippen LogP contribution < -0.4 is 10.2 Å². The number of aromatic nitrogens is 4. The molecule has 2 aromatic heterocycles. The third-order valence-corrected chi connectivity index (χ3v) is 3.84. The lowest BCUT2D eigenvalue weighted by Crippen LogP contribution is -2.38. The zero-order valence-electron chi connectivity index (χ0n) is 12.9. The quantitative estimate of drug-likeness (QED) is 0.876. The number of rotatable bonds is 5. The predicted octanol–water partition coefficient (Wildman–Crippen LogP) is 1.00. The topological polar surface area (TPSA) is 83.2 Å². The first-order valence-electron chi connectivity index (χ1n) is 7.45. The van der Waals surface area contributed by atoms with E-state index in [1.807, 2.05) is 25.1 Å². The lowest BCUT2D eigenvalue weighted by atomic mass is 10.0. The second-order valence-electron chi connectivity index (χ2n) is 5.75. The van der Waals surface area contributed by atoms with E-state index >= 15 is 0 Å². The van der Waals surface area contributed by atoms with Gasteiger partial charge in [-0.15, -0.1) is 0 Å². The van der Waals surface area contributed by atoms with Gasteiger partial charge in [0.1, 0.15) is 23.7 Å².